The van der Waals surface area contributed by atoms with Crippen LogP contribution in [-0.4, -0.2) is 11.8 Å². The number of fused-ring (bicyclic) bond motifs is 2. The average molecular weight is 273 g/mol. The van der Waals surface area contributed by atoms with Crippen molar-refractivity contribution in [3.8, 4) is 11.1 Å². The van der Waals surface area contributed by atoms with Crippen LogP contribution in [0.1, 0.15) is 20.7 Å². The fourth-order valence-electron chi connectivity index (χ4n) is 2.75. The molecular formula is C18H11NO2. The molecule has 0 N–H and O–H groups in total. The van der Waals surface area contributed by atoms with Gasteiger partial charge in [-0.05, 0) is 35.4 Å². The first kappa shape index (κ1) is 11.9. The molecule has 0 saturated carbocycles. The molecule has 3 aliphatic rings. The summed E-state index contributed by atoms with van der Waals surface area (Å²) in [4.78, 5) is 26.2. The number of carbonyl (C=O) groups excluding carboxylic acids is 2. The van der Waals surface area contributed by atoms with Crippen molar-refractivity contribution in [2.24, 2.45) is 0 Å². The van der Waals surface area contributed by atoms with E-state index in [2.05, 4.69) is 0 Å². The van der Waals surface area contributed by atoms with Gasteiger partial charge in [-0.15, -0.1) is 0 Å². The molecule has 0 spiro atoms. The van der Waals surface area contributed by atoms with Crippen LogP contribution in [0.3, 0.4) is 0 Å². The molecule has 1 heterocycles. The quantitative estimate of drug-likeness (QED) is 0.635. The zero-order valence-corrected chi connectivity index (χ0v) is 11.1. The summed E-state index contributed by atoms with van der Waals surface area (Å²) in [5.41, 5.74) is 3.62. The van der Waals surface area contributed by atoms with Gasteiger partial charge in [0.2, 0.25) is 0 Å². The maximum Gasteiger partial charge on any atom is 0.266 e. The zero-order chi connectivity index (χ0) is 14.4. The van der Waals surface area contributed by atoms with Crippen LogP contribution in [0, 0.1) is 0 Å². The third-order valence-corrected chi connectivity index (χ3v) is 3.78. The lowest BCUT2D eigenvalue weighted by molar-refractivity contribution is 0.0926. The summed E-state index contributed by atoms with van der Waals surface area (Å²) in [5.74, 6) is -0.525. The highest BCUT2D eigenvalue weighted by molar-refractivity contribution is 6.34. The molecule has 100 valence electrons. The van der Waals surface area contributed by atoms with Crippen LogP contribution in [0.25, 0.3) is 11.1 Å². The van der Waals surface area contributed by atoms with Crippen LogP contribution >= 0.6 is 0 Å². The molecular weight excluding hydrogens is 262 g/mol. The van der Waals surface area contributed by atoms with E-state index in [0.717, 1.165) is 11.1 Å². The van der Waals surface area contributed by atoms with Gasteiger partial charge in [-0.3, -0.25) is 9.59 Å². The fraction of sp³-hybridized carbons (Fsp3) is 0. The normalized spacial score (nSPS) is 13.8. The molecule has 3 nitrogen and oxygen atoms in total. The zero-order valence-electron chi connectivity index (χ0n) is 11.1. The molecule has 0 aromatic heterocycles. The Labute approximate surface area is 121 Å². The van der Waals surface area contributed by atoms with Gasteiger partial charge in [0.05, 0.1) is 16.8 Å². The van der Waals surface area contributed by atoms with Gasteiger partial charge < -0.3 is 0 Å². The molecule has 0 saturated heterocycles. The van der Waals surface area contributed by atoms with Gasteiger partial charge in [0.1, 0.15) is 0 Å². The SMILES string of the molecule is O=C1c2ccccc2C(=O)N1c1cccc2cccc-2c1. The molecule has 0 unspecified atom stereocenters. The van der Waals surface area contributed by atoms with Crippen molar-refractivity contribution in [2.45, 2.75) is 0 Å². The minimum Gasteiger partial charge on any atom is -0.268 e. The van der Waals surface area contributed by atoms with E-state index in [0.29, 0.717) is 16.8 Å². The number of amides is 2. The van der Waals surface area contributed by atoms with Gasteiger partial charge in [0, 0.05) is 0 Å². The predicted molar refractivity (Wildman–Crippen MR) is 80.6 cm³/mol. The summed E-state index contributed by atoms with van der Waals surface area (Å²) >= 11 is 0. The third-order valence-electron chi connectivity index (χ3n) is 3.78. The molecule has 2 aliphatic carbocycles. The van der Waals surface area contributed by atoms with Crippen molar-refractivity contribution in [1.82, 2.24) is 0 Å². The molecule has 21 heavy (non-hydrogen) atoms. The second kappa shape index (κ2) is 4.28. The van der Waals surface area contributed by atoms with Crippen molar-refractivity contribution < 1.29 is 9.59 Å². The highest BCUT2D eigenvalue weighted by Crippen LogP contribution is 2.31. The Morgan fingerprint density at radius 3 is 1.86 bits per heavy atom. The lowest BCUT2D eigenvalue weighted by Gasteiger charge is -2.12. The number of benzene rings is 1. The molecule has 1 aliphatic heterocycles. The lowest BCUT2D eigenvalue weighted by Crippen LogP contribution is -2.29. The topological polar surface area (TPSA) is 37.4 Å². The fourth-order valence-corrected chi connectivity index (χ4v) is 2.75. The van der Waals surface area contributed by atoms with Crippen molar-refractivity contribution in [3.63, 3.8) is 0 Å². The molecule has 0 radical (unpaired) electrons. The van der Waals surface area contributed by atoms with Crippen LogP contribution in [-0.2, 0) is 0 Å². The molecule has 4 rings (SSSR count). The van der Waals surface area contributed by atoms with E-state index in [9.17, 15) is 9.59 Å². The number of imide groups is 1. The average Bonchev–Trinajstić information content (AvgIpc) is 2.97. The van der Waals surface area contributed by atoms with Gasteiger partial charge in [0.25, 0.3) is 11.8 Å². The van der Waals surface area contributed by atoms with E-state index in [1.165, 1.54) is 4.90 Å². The summed E-state index contributed by atoms with van der Waals surface area (Å²) in [6.45, 7) is 0. The standard InChI is InChI=1S/C18H11NO2/c20-17-15-9-1-2-10-16(15)18(21)19(17)14-8-4-6-12-5-3-7-13(12)11-14/h1-11H. The third kappa shape index (κ3) is 1.68. The van der Waals surface area contributed by atoms with Crippen LogP contribution in [0.5, 0.6) is 0 Å². The Morgan fingerprint density at radius 1 is 0.619 bits per heavy atom. The molecule has 2 amide bonds. The summed E-state index contributed by atoms with van der Waals surface area (Å²) in [6, 6.07) is 20.3. The van der Waals surface area contributed by atoms with Crippen molar-refractivity contribution in [2.75, 3.05) is 4.90 Å². The Kier molecular flexibility index (Phi) is 2.42. The minimum absolute atomic E-state index is 0.262. The largest absolute Gasteiger partial charge is 0.268 e. The van der Waals surface area contributed by atoms with Gasteiger partial charge >= 0.3 is 0 Å². The Hall–Kier alpha value is -2.94. The monoisotopic (exact) mass is 273 g/mol. The highest BCUT2D eigenvalue weighted by Gasteiger charge is 2.36. The van der Waals surface area contributed by atoms with E-state index in [-0.39, 0.29) is 11.8 Å². The lowest BCUT2D eigenvalue weighted by atomic mass is 10.1. The van der Waals surface area contributed by atoms with E-state index in [1.807, 2.05) is 36.4 Å². The van der Waals surface area contributed by atoms with E-state index in [4.69, 9.17) is 0 Å². The first-order valence-corrected chi connectivity index (χ1v) is 6.72. The van der Waals surface area contributed by atoms with Gasteiger partial charge in [-0.25, -0.2) is 4.90 Å². The maximum atomic E-state index is 12.5. The number of anilines is 1. The van der Waals surface area contributed by atoms with Crippen LogP contribution in [0.15, 0.2) is 66.7 Å². The minimum atomic E-state index is -0.262. The summed E-state index contributed by atoms with van der Waals surface area (Å²) < 4.78 is 0. The number of rotatable bonds is 1. The highest BCUT2D eigenvalue weighted by atomic mass is 16.2. The summed E-state index contributed by atoms with van der Waals surface area (Å²) in [5, 5.41) is 0. The van der Waals surface area contributed by atoms with E-state index >= 15 is 0 Å². The second-order valence-electron chi connectivity index (χ2n) is 5.02. The number of hydrogen-bond acceptors (Lipinski definition) is 2. The number of carbonyl (C=O) groups is 2. The first-order valence-electron chi connectivity index (χ1n) is 6.72. The van der Waals surface area contributed by atoms with Crippen molar-refractivity contribution in [1.29, 1.82) is 0 Å². The molecule has 1 aromatic carbocycles. The van der Waals surface area contributed by atoms with Gasteiger partial charge in [-0.1, -0.05) is 42.5 Å². The number of hydrogen-bond donors (Lipinski definition) is 0. The van der Waals surface area contributed by atoms with Gasteiger partial charge in [-0.2, -0.15) is 0 Å². The Morgan fingerprint density at radius 2 is 1.19 bits per heavy atom. The van der Waals surface area contributed by atoms with Crippen LogP contribution in [0.2, 0.25) is 0 Å². The Balaban J connectivity index is 1.87. The molecule has 1 aromatic rings. The molecule has 0 atom stereocenters. The molecule has 3 heteroatoms. The predicted octanol–water partition coefficient (Wildman–Crippen LogP) is 3.59. The maximum absolute atomic E-state index is 12.5. The smallest absolute Gasteiger partial charge is 0.266 e. The van der Waals surface area contributed by atoms with Crippen molar-refractivity contribution in [3.05, 3.63) is 77.9 Å². The number of nitrogens with zero attached hydrogens (tertiary/aromatic N) is 1. The second-order valence-corrected chi connectivity index (χ2v) is 5.02. The van der Waals surface area contributed by atoms with Crippen molar-refractivity contribution >= 4 is 17.5 Å². The van der Waals surface area contributed by atoms with E-state index in [1.54, 1.807) is 30.3 Å². The Bertz CT molecular complexity index is 818. The van der Waals surface area contributed by atoms with Crippen LogP contribution < -0.4 is 4.90 Å². The van der Waals surface area contributed by atoms with Crippen LogP contribution in [0.4, 0.5) is 5.69 Å². The molecule has 0 bridgehead atoms. The summed E-state index contributed by atoms with van der Waals surface area (Å²) in [7, 11) is 0. The summed E-state index contributed by atoms with van der Waals surface area (Å²) in [6.07, 6.45) is 0. The first-order chi connectivity index (χ1) is 10.3. The van der Waals surface area contributed by atoms with E-state index < -0.39 is 0 Å². The molecule has 0 fully saturated rings. The van der Waals surface area contributed by atoms with Gasteiger partial charge in [0.15, 0.2) is 0 Å².